The topological polar surface area (TPSA) is 44.4 Å². The molecule has 4 heteroatoms. The summed E-state index contributed by atoms with van der Waals surface area (Å²) in [5.41, 5.74) is 2.40. The maximum atomic E-state index is 11.7. The fraction of sp³-hybridized carbons (Fsp3) is 0.562. The summed E-state index contributed by atoms with van der Waals surface area (Å²) in [7, 11) is 4.14. The van der Waals surface area contributed by atoms with Gasteiger partial charge in [0.05, 0.1) is 0 Å². The first-order valence-electron chi connectivity index (χ1n) is 7.26. The summed E-state index contributed by atoms with van der Waals surface area (Å²) in [4.78, 5) is 13.9. The van der Waals surface area contributed by atoms with Crippen LogP contribution in [-0.4, -0.2) is 44.5 Å². The quantitative estimate of drug-likeness (QED) is 0.673. The smallest absolute Gasteiger partial charge is 0.221 e. The van der Waals surface area contributed by atoms with Gasteiger partial charge in [0.25, 0.3) is 0 Å². The van der Waals surface area contributed by atoms with Crippen LogP contribution in [0.1, 0.15) is 24.0 Å². The van der Waals surface area contributed by atoms with Crippen LogP contribution in [-0.2, 0) is 11.3 Å². The number of hydrogen-bond acceptors (Lipinski definition) is 3. The van der Waals surface area contributed by atoms with E-state index in [4.69, 9.17) is 0 Å². The second-order valence-corrected chi connectivity index (χ2v) is 5.36. The second kappa shape index (κ2) is 9.50. The monoisotopic (exact) mass is 277 g/mol. The highest BCUT2D eigenvalue weighted by atomic mass is 16.1. The molecule has 0 aliphatic carbocycles. The lowest BCUT2D eigenvalue weighted by molar-refractivity contribution is -0.121. The van der Waals surface area contributed by atoms with Gasteiger partial charge >= 0.3 is 0 Å². The van der Waals surface area contributed by atoms with Gasteiger partial charge in [-0.2, -0.15) is 0 Å². The maximum absolute atomic E-state index is 11.7. The van der Waals surface area contributed by atoms with Crippen molar-refractivity contribution in [3.05, 3.63) is 35.4 Å². The standard InChI is InChI=1S/C16H27N3O/c1-14-7-4-5-8-15(14)13-18-16(20)9-11-17-10-6-12-19(2)3/h4-5,7-8,17H,6,9-13H2,1-3H3,(H,18,20). The van der Waals surface area contributed by atoms with Crippen LogP contribution < -0.4 is 10.6 Å². The van der Waals surface area contributed by atoms with Crippen LogP contribution in [0.4, 0.5) is 0 Å². The molecule has 0 aromatic heterocycles. The molecular formula is C16H27N3O. The number of carbonyl (C=O) groups is 1. The number of hydrogen-bond donors (Lipinski definition) is 2. The number of rotatable bonds is 9. The number of amides is 1. The molecule has 0 saturated carbocycles. The Kier molecular flexibility index (Phi) is 7.92. The molecule has 112 valence electrons. The second-order valence-electron chi connectivity index (χ2n) is 5.36. The Labute approximate surface area is 122 Å². The van der Waals surface area contributed by atoms with Crippen LogP contribution in [0.25, 0.3) is 0 Å². The van der Waals surface area contributed by atoms with E-state index in [1.165, 1.54) is 11.1 Å². The third kappa shape index (κ3) is 7.26. The van der Waals surface area contributed by atoms with Crippen molar-refractivity contribution in [3.63, 3.8) is 0 Å². The Morgan fingerprint density at radius 3 is 2.65 bits per heavy atom. The Morgan fingerprint density at radius 1 is 1.20 bits per heavy atom. The normalized spacial score (nSPS) is 10.8. The SMILES string of the molecule is Cc1ccccc1CNC(=O)CCNCCCN(C)C. The number of benzene rings is 1. The van der Waals surface area contributed by atoms with E-state index in [1.807, 2.05) is 12.1 Å². The Hall–Kier alpha value is -1.39. The summed E-state index contributed by atoms with van der Waals surface area (Å²) in [6.45, 7) is 5.46. The maximum Gasteiger partial charge on any atom is 0.221 e. The molecule has 0 heterocycles. The lowest BCUT2D eigenvalue weighted by Crippen LogP contribution is -2.28. The van der Waals surface area contributed by atoms with Gasteiger partial charge in [-0.1, -0.05) is 24.3 Å². The molecule has 1 aromatic rings. The minimum absolute atomic E-state index is 0.105. The summed E-state index contributed by atoms with van der Waals surface area (Å²) in [5.74, 6) is 0.105. The summed E-state index contributed by atoms with van der Waals surface area (Å²) < 4.78 is 0. The van der Waals surface area contributed by atoms with E-state index >= 15 is 0 Å². The molecule has 0 atom stereocenters. The summed E-state index contributed by atoms with van der Waals surface area (Å²) in [5, 5.41) is 6.26. The van der Waals surface area contributed by atoms with Crippen LogP contribution in [0.2, 0.25) is 0 Å². The highest BCUT2D eigenvalue weighted by molar-refractivity contribution is 5.76. The van der Waals surface area contributed by atoms with Crippen LogP contribution in [0.5, 0.6) is 0 Å². The molecule has 0 fully saturated rings. The predicted molar refractivity (Wildman–Crippen MR) is 83.7 cm³/mol. The predicted octanol–water partition coefficient (Wildman–Crippen LogP) is 1.54. The van der Waals surface area contributed by atoms with Gasteiger partial charge in [0.15, 0.2) is 0 Å². The summed E-state index contributed by atoms with van der Waals surface area (Å²) in [6.07, 6.45) is 1.64. The molecule has 0 aliphatic heterocycles. The van der Waals surface area contributed by atoms with E-state index < -0.39 is 0 Å². The lowest BCUT2D eigenvalue weighted by Gasteiger charge is -2.10. The Bertz CT molecular complexity index is 404. The van der Waals surface area contributed by atoms with E-state index in [-0.39, 0.29) is 5.91 Å². The number of nitrogens with zero attached hydrogens (tertiary/aromatic N) is 1. The minimum atomic E-state index is 0.105. The van der Waals surface area contributed by atoms with Gasteiger partial charge in [0.1, 0.15) is 0 Å². The third-order valence-corrected chi connectivity index (χ3v) is 3.22. The Morgan fingerprint density at radius 2 is 1.95 bits per heavy atom. The van der Waals surface area contributed by atoms with E-state index in [0.29, 0.717) is 13.0 Å². The largest absolute Gasteiger partial charge is 0.352 e. The van der Waals surface area contributed by atoms with E-state index in [2.05, 4.69) is 48.7 Å². The van der Waals surface area contributed by atoms with Crippen molar-refractivity contribution in [2.24, 2.45) is 0 Å². The van der Waals surface area contributed by atoms with Gasteiger partial charge in [0, 0.05) is 19.5 Å². The van der Waals surface area contributed by atoms with Crippen LogP contribution >= 0.6 is 0 Å². The zero-order chi connectivity index (χ0) is 14.8. The summed E-state index contributed by atoms with van der Waals surface area (Å²) >= 11 is 0. The van der Waals surface area contributed by atoms with Crippen molar-refractivity contribution in [2.45, 2.75) is 26.3 Å². The Balaban J connectivity index is 2.08. The average Bonchev–Trinajstić information content (AvgIpc) is 2.41. The summed E-state index contributed by atoms with van der Waals surface area (Å²) in [6, 6.07) is 8.13. The van der Waals surface area contributed by atoms with Gasteiger partial charge in [-0.15, -0.1) is 0 Å². The molecule has 0 bridgehead atoms. The van der Waals surface area contributed by atoms with E-state index in [9.17, 15) is 4.79 Å². The highest BCUT2D eigenvalue weighted by Crippen LogP contribution is 2.05. The molecule has 1 aromatic carbocycles. The van der Waals surface area contributed by atoms with Crippen molar-refractivity contribution in [1.29, 1.82) is 0 Å². The molecule has 2 N–H and O–H groups in total. The molecule has 0 aliphatic rings. The third-order valence-electron chi connectivity index (χ3n) is 3.22. The zero-order valence-corrected chi connectivity index (χ0v) is 12.9. The number of carbonyl (C=O) groups excluding carboxylic acids is 1. The van der Waals surface area contributed by atoms with Crippen molar-refractivity contribution in [2.75, 3.05) is 33.7 Å². The number of nitrogens with one attached hydrogen (secondary N) is 2. The molecular weight excluding hydrogens is 250 g/mol. The van der Waals surface area contributed by atoms with Gasteiger partial charge < -0.3 is 15.5 Å². The van der Waals surface area contributed by atoms with Crippen LogP contribution in [0, 0.1) is 6.92 Å². The first-order chi connectivity index (χ1) is 9.59. The first kappa shape index (κ1) is 16.7. The van der Waals surface area contributed by atoms with Crippen molar-refractivity contribution >= 4 is 5.91 Å². The van der Waals surface area contributed by atoms with Crippen molar-refractivity contribution < 1.29 is 4.79 Å². The van der Waals surface area contributed by atoms with Gasteiger partial charge in [-0.3, -0.25) is 4.79 Å². The lowest BCUT2D eigenvalue weighted by atomic mass is 10.1. The van der Waals surface area contributed by atoms with Gasteiger partial charge in [0.2, 0.25) is 5.91 Å². The molecule has 1 amide bonds. The minimum Gasteiger partial charge on any atom is -0.352 e. The van der Waals surface area contributed by atoms with Gasteiger partial charge in [-0.05, 0) is 51.7 Å². The van der Waals surface area contributed by atoms with E-state index in [0.717, 1.165) is 26.1 Å². The molecule has 0 unspecified atom stereocenters. The van der Waals surface area contributed by atoms with E-state index in [1.54, 1.807) is 0 Å². The fourth-order valence-electron chi connectivity index (χ4n) is 1.94. The van der Waals surface area contributed by atoms with Crippen LogP contribution in [0.3, 0.4) is 0 Å². The fourth-order valence-corrected chi connectivity index (χ4v) is 1.94. The molecule has 1 rings (SSSR count). The molecule has 0 radical (unpaired) electrons. The average molecular weight is 277 g/mol. The van der Waals surface area contributed by atoms with Crippen LogP contribution in [0.15, 0.2) is 24.3 Å². The van der Waals surface area contributed by atoms with Crippen molar-refractivity contribution in [3.8, 4) is 0 Å². The molecule has 20 heavy (non-hydrogen) atoms. The van der Waals surface area contributed by atoms with Crippen molar-refractivity contribution in [1.82, 2.24) is 15.5 Å². The van der Waals surface area contributed by atoms with Gasteiger partial charge in [-0.25, -0.2) is 0 Å². The molecule has 0 saturated heterocycles. The number of aryl methyl sites for hydroxylation is 1. The zero-order valence-electron chi connectivity index (χ0n) is 12.9. The highest BCUT2D eigenvalue weighted by Gasteiger charge is 2.02. The first-order valence-corrected chi connectivity index (χ1v) is 7.26. The molecule has 4 nitrogen and oxygen atoms in total. The molecule has 0 spiro atoms.